The molecule has 3 N–H and O–H groups in total. The molecule has 0 aromatic carbocycles. The van der Waals surface area contributed by atoms with E-state index in [4.69, 9.17) is 14.6 Å². The number of rotatable bonds is 5. The van der Waals surface area contributed by atoms with Gasteiger partial charge < -0.3 is 24.8 Å². The first-order valence-electron chi connectivity index (χ1n) is 8.83. The van der Waals surface area contributed by atoms with E-state index in [0.717, 1.165) is 11.1 Å². The first-order chi connectivity index (χ1) is 12.8. The molecule has 0 bridgehead atoms. The van der Waals surface area contributed by atoms with Crippen LogP contribution >= 0.6 is 0 Å². The number of carbonyl (C=O) groups excluding carboxylic acids is 2. The fourth-order valence-corrected chi connectivity index (χ4v) is 3.23. The standard InChI is InChI=1S/C20H26O7/c1-11-5-4-6-14(9-21)8-17-18(13(3)20(25)27-17)16(7-11)26-19(24)12(2)15(23)10-22/h5,8,15-18,21-23H,2-4,6-7,9-10H2,1H3/b11-5+,14-8-/t15-,16-,17?,18+/m0/s1. The summed E-state index contributed by atoms with van der Waals surface area (Å²) >= 11 is 0. The van der Waals surface area contributed by atoms with Gasteiger partial charge in [0.2, 0.25) is 0 Å². The SMILES string of the molecule is C=C(C(=O)O[C@H]1C/C(C)=C/CC/C(CO)=C/C2OC(=O)C(=C)[C@@H]21)[C@@H](O)CO. The molecule has 7 nitrogen and oxygen atoms in total. The Morgan fingerprint density at radius 2 is 2.15 bits per heavy atom. The smallest absolute Gasteiger partial charge is 0.336 e. The van der Waals surface area contributed by atoms with Crippen LogP contribution in [0.15, 0.2) is 47.6 Å². The fraction of sp³-hybridized carbons (Fsp3) is 0.500. The highest BCUT2D eigenvalue weighted by Crippen LogP contribution is 2.36. The molecular weight excluding hydrogens is 352 g/mol. The van der Waals surface area contributed by atoms with Crippen molar-refractivity contribution in [2.24, 2.45) is 5.92 Å². The van der Waals surface area contributed by atoms with Crippen molar-refractivity contribution in [2.45, 2.75) is 44.5 Å². The van der Waals surface area contributed by atoms with Gasteiger partial charge in [0.1, 0.15) is 18.3 Å². The number of hydrogen-bond donors (Lipinski definition) is 3. The monoisotopic (exact) mass is 378 g/mol. The van der Waals surface area contributed by atoms with Gasteiger partial charge in [-0.15, -0.1) is 0 Å². The number of allylic oxidation sites excluding steroid dienone is 1. The summed E-state index contributed by atoms with van der Waals surface area (Å²) < 4.78 is 10.9. The van der Waals surface area contributed by atoms with Crippen molar-refractivity contribution >= 4 is 11.9 Å². The molecule has 1 fully saturated rings. The predicted molar refractivity (Wildman–Crippen MR) is 97.4 cm³/mol. The highest BCUT2D eigenvalue weighted by molar-refractivity contribution is 5.92. The number of aliphatic hydroxyl groups is 3. The van der Waals surface area contributed by atoms with Gasteiger partial charge in [0.25, 0.3) is 0 Å². The van der Waals surface area contributed by atoms with Crippen molar-refractivity contribution < 1.29 is 34.4 Å². The maximum absolute atomic E-state index is 12.3. The van der Waals surface area contributed by atoms with Gasteiger partial charge in [-0.3, -0.25) is 0 Å². The average molecular weight is 378 g/mol. The Hall–Kier alpha value is -2.22. The molecule has 0 saturated carbocycles. The first-order valence-corrected chi connectivity index (χ1v) is 8.83. The van der Waals surface area contributed by atoms with E-state index in [1.807, 2.05) is 13.0 Å². The van der Waals surface area contributed by atoms with Gasteiger partial charge >= 0.3 is 11.9 Å². The van der Waals surface area contributed by atoms with E-state index in [1.165, 1.54) is 0 Å². The Bertz CT molecular complexity index is 688. The summed E-state index contributed by atoms with van der Waals surface area (Å²) in [6.45, 7) is 8.32. The van der Waals surface area contributed by atoms with Gasteiger partial charge in [-0.05, 0) is 31.4 Å². The lowest BCUT2D eigenvalue weighted by Gasteiger charge is -2.28. The molecule has 1 heterocycles. The minimum absolute atomic E-state index is 0.163. The third-order valence-electron chi connectivity index (χ3n) is 4.84. The molecule has 0 aromatic heterocycles. The lowest BCUT2D eigenvalue weighted by molar-refractivity contribution is -0.148. The van der Waals surface area contributed by atoms with Gasteiger partial charge in [0, 0.05) is 12.0 Å². The predicted octanol–water partition coefficient (Wildman–Crippen LogP) is 0.954. The van der Waals surface area contributed by atoms with Crippen molar-refractivity contribution in [2.75, 3.05) is 13.2 Å². The highest BCUT2D eigenvalue weighted by atomic mass is 16.6. The van der Waals surface area contributed by atoms with Gasteiger partial charge in [0.05, 0.1) is 24.7 Å². The molecule has 1 aliphatic carbocycles. The molecule has 0 spiro atoms. The third kappa shape index (κ3) is 4.94. The van der Waals surface area contributed by atoms with Crippen molar-refractivity contribution in [3.05, 3.63) is 47.6 Å². The van der Waals surface area contributed by atoms with Crippen LogP contribution in [0.2, 0.25) is 0 Å². The summed E-state index contributed by atoms with van der Waals surface area (Å²) in [6.07, 6.45) is 2.46. The summed E-state index contributed by atoms with van der Waals surface area (Å²) in [6, 6.07) is 0. The number of esters is 2. The quantitative estimate of drug-likeness (QED) is 0.371. The molecule has 27 heavy (non-hydrogen) atoms. The zero-order valence-corrected chi connectivity index (χ0v) is 15.4. The van der Waals surface area contributed by atoms with Crippen LogP contribution in [0, 0.1) is 5.92 Å². The summed E-state index contributed by atoms with van der Waals surface area (Å²) in [4.78, 5) is 24.4. The van der Waals surface area contributed by atoms with Crippen LogP contribution in [0.3, 0.4) is 0 Å². The molecule has 0 amide bonds. The normalized spacial score (nSPS) is 30.9. The molecule has 4 atom stereocenters. The van der Waals surface area contributed by atoms with Crippen LogP contribution in [0.1, 0.15) is 26.2 Å². The minimum Gasteiger partial charge on any atom is -0.458 e. The highest BCUT2D eigenvalue weighted by Gasteiger charge is 2.44. The van der Waals surface area contributed by atoms with Crippen LogP contribution in [0.4, 0.5) is 0 Å². The maximum Gasteiger partial charge on any atom is 0.336 e. The van der Waals surface area contributed by atoms with E-state index in [2.05, 4.69) is 13.2 Å². The molecular formula is C20H26O7. The van der Waals surface area contributed by atoms with Crippen molar-refractivity contribution in [3.63, 3.8) is 0 Å². The first kappa shape index (κ1) is 21.1. The van der Waals surface area contributed by atoms with Crippen molar-refractivity contribution in [3.8, 4) is 0 Å². The van der Waals surface area contributed by atoms with Crippen molar-refractivity contribution in [1.82, 2.24) is 0 Å². The number of carbonyl (C=O) groups is 2. The van der Waals surface area contributed by atoms with E-state index in [9.17, 15) is 19.8 Å². The average Bonchev–Trinajstić information content (AvgIpc) is 2.92. The molecule has 2 aliphatic rings. The van der Waals surface area contributed by atoms with Crippen LogP contribution in [-0.4, -0.2) is 58.8 Å². The molecule has 2 rings (SSSR count). The lowest BCUT2D eigenvalue weighted by Crippen LogP contribution is -2.35. The Labute approximate surface area is 158 Å². The lowest BCUT2D eigenvalue weighted by atomic mass is 9.85. The minimum atomic E-state index is -1.42. The van der Waals surface area contributed by atoms with Crippen molar-refractivity contribution in [1.29, 1.82) is 0 Å². The van der Waals surface area contributed by atoms with Gasteiger partial charge in [-0.2, -0.15) is 0 Å². The summed E-state index contributed by atoms with van der Waals surface area (Å²) in [5.41, 5.74) is 1.60. The van der Waals surface area contributed by atoms with Crippen LogP contribution in [0.25, 0.3) is 0 Å². The van der Waals surface area contributed by atoms with Crippen LogP contribution in [-0.2, 0) is 19.1 Å². The largest absolute Gasteiger partial charge is 0.458 e. The number of fused-ring (bicyclic) bond motifs is 1. The second kappa shape index (κ2) is 9.12. The third-order valence-corrected chi connectivity index (χ3v) is 4.84. The fourth-order valence-electron chi connectivity index (χ4n) is 3.23. The van der Waals surface area contributed by atoms with E-state index < -0.39 is 42.8 Å². The maximum atomic E-state index is 12.3. The summed E-state index contributed by atoms with van der Waals surface area (Å²) in [7, 11) is 0. The molecule has 1 aliphatic heterocycles. The zero-order chi connectivity index (χ0) is 20.1. The van der Waals surface area contributed by atoms with E-state index >= 15 is 0 Å². The molecule has 0 aromatic rings. The zero-order valence-electron chi connectivity index (χ0n) is 15.4. The number of ether oxygens (including phenoxy) is 2. The number of aliphatic hydroxyl groups excluding tert-OH is 3. The Morgan fingerprint density at radius 3 is 2.78 bits per heavy atom. The molecule has 1 unspecified atom stereocenters. The van der Waals surface area contributed by atoms with Gasteiger partial charge in [-0.1, -0.05) is 24.8 Å². The number of hydrogen-bond acceptors (Lipinski definition) is 7. The Morgan fingerprint density at radius 1 is 1.44 bits per heavy atom. The van der Waals surface area contributed by atoms with Gasteiger partial charge in [0.15, 0.2) is 0 Å². The van der Waals surface area contributed by atoms with E-state index in [1.54, 1.807) is 6.08 Å². The second-order valence-corrected chi connectivity index (χ2v) is 6.86. The van der Waals surface area contributed by atoms with E-state index in [0.29, 0.717) is 19.3 Å². The topological polar surface area (TPSA) is 113 Å². The van der Waals surface area contributed by atoms with Crippen LogP contribution < -0.4 is 0 Å². The molecule has 0 radical (unpaired) electrons. The molecule has 7 heteroatoms. The second-order valence-electron chi connectivity index (χ2n) is 6.86. The Balaban J connectivity index is 2.36. The summed E-state index contributed by atoms with van der Waals surface area (Å²) in [5, 5.41) is 28.2. The summed E-state index contributed by atoms with van der Waals surface area (Å²) in [5.74, 6) is -2.05. The molecule has 1 saturated heterocycles. The Kier molecular flexibility index (Phi) is 7.12. The van der Waals surface area contributed by atoms with Gasteiger partial charge in [-0.25, -0.2) is 9.59 Å². The van der Waals surface area contributed by atoms with Crippen LogP contribution in [0.5, 0.6) is 0 Å². The van der Waals surface area contributed by atoms with E-state index in [-0.39, 0.29) is 17.8 Å². The molecule has 148 valence electrons.